The first-order valence-electron chi connectivity index (χ1n) is 9.76. The van der Waals surface area contributed by atoms with E-state index < -0.39 is 11.9 Å². The maximum atomic E-state index is 14.0. The molecule has 0 radical (unpaired) electrons. The average Bonchev–Trinajstić information content (AvgIpc) is 2.73. The fourth-order valence-corrected chi connectivity index (χ4v) is 4.52. The summed E-state index contributed by atoms with van der Waals surface area (Å²) in [7, 11) is 0. The Kier molecular flexibility index (Phi) is 10.4. The molecule has 0 unspecified atom stereocenters. The van der Waals surface area contributed by atoms with Gasteiger partial charge in [-0.2, -0.15) is 0 Å². The molecule has 0 heterocycles. The first-order valence-corrected chi connectivity index (χ1v) is 12.0. The Balaban J connectivity index is 2.14. The highest BCUT2D eigenvalue weighted by Crippen LogP contribution is 2.26. The predicted molar refractivity (Wildman–Crippen MR) is 127 cm³/mol. The van der Waals surface area contributed by atoms with Crippen molar-refractivity contribution in [3.05, 3.63) is 68.4 Å². The molecular weight excluding hydrogens is 482 g/mol. The van der Waals surface area contributed by atoms with E-state index in [1.54, 1.807) is 31.2 Å². The van der Waals surface area contributed by atoms with Crippen molar-refractivity contribution in [1.29, 1.82) is 0 Å². The fraction of sp³-hybridized carbons (Fsp3) is 0.364. The molecular formula is C22H24Cl3FN2O2S. The minimum absolute atomic E-state index is 0.0568. The van der Waals surface area contributed by atoms with Crippen molar-refractivity contribution in [2.45, 2.75) is 38.6 Å². The molecule has 0 saturated carbocycles. The van der Waals surface area contributed by atoms with E-state index in [2.05, 4.69) is 5.32 Å². The predicted octanol–water partition coefficient (Wildman–Crippen LogP) is 5.96. The van der Waals surface area contributed by atoms with Crippen LogP contribution in [0.25, 0.3) is 0 Å². The van der Waals surface area contributed by atoms with Crippen molar-refractivity contribution in [2.24, 2.45) is 0 Å². The third kappa shape index (κ3) is 7.56. The quantitative estimate of drug-likeness (QED) is 0.433. The van der Waals surface area contributed by atoms with Gasteiger partial charge < -0.3 is 10.2 Å². The third-order valence-corrected chi connectivity index (χ3v) is 6.49. The maximum absolute atomic E-state index is 14.0. The molecule has 4 nitrogen and oxygen atoms in total. The van der Waals surface area contributed by atoms with E-state index in [4.69, 9.17) is 34.8 Å². The second kappa shape index (κ2) is 12.5. The lowest BCUT2D eigenvalue weighted by atomic mass is 10.1. The van der Waals surface area contributed by atoms with Crippen molar-refractivity contribution in [3.63, 3.8) is 0 Å². The van der Waals surface area contributed by atoms with Crippen LogP contribution < -0.4 is 5.32 Å². The summed E-state index contributed by atoms with van der Waals surface area (Å²) in [5.74, 6) is -0.626. The van der Waals surface area contributed by atoms with Gasteiger partial charge in [0.05, 0.1) is 5.75 Å². The highest BCUT2D eigenvalue weighted by Gasteiger charge is 2.26. The zero-order chi connectivity index (χ0) is 23.0. The van der Waals surface area contributed by atoms with Crippen LogP contribution in [0.3, 0.4) is 0 Å². The van der Waals surface area contributed by atoms with Crippen LogP contribution in [-0.4, -0.2) is 35.1 Å². The summed E-state index contributed by atoms with van der Waals surface area (Å²) in [6.07, 6.45) is 0.786. The molecule has 1 atom stereocenters. The van der Waals surface area contributed by atoms with Gasteiger partial charge >= 0.3 is 0 Å². The van der Waals surface area contributed by atoms with E-state index in [-0.39, 0.29) is 29.9 Å². The smallest absolute Gasteiger partial charge is 0.242 e. The summed E-state index contributed by atoms with van der Waals surface area (Å²) < 4.78 is 14.0. The van der Waals surface area contributed by atoms with E-state index in [9.17, 15) is 14.0 Å². The van der Waals surface area contributed by atoms with Crippen LogP contribution in [0.15, 0.2) is 36.4 Å². The Morgan fingerprint density at radius 1 is 1.16 bits per heavy atom. The minimum atomic E-state index is -0.705. The van der Waals surface area contributed by atoms with Crippen LogP contribution in [0.4, 0.5) is 4.39 Å². The number of halogens is 4. The number of carbonyl (C=O) groups is 2. The van der Waals surface area contributed by atoms with Gasteiger partial charge in [-0.25, -0.2) is 4.39 Å². The summed E-state index contributed by atoms with van der Waals surface area (Å²) in [5, 5.41) is 4.03. The van der Waals surface area contributed by atoms with Crippen molar-refractivity contribution in [1.82, 2.24) is 10.2 Å². The lowest BCUT2D eigenvalue weighted by Gasteiger charge is -2.29. The summed E-state index contributed by atoms with van der Waals surface area (Å²) >= 11 is 19.5. The van der Waals surface area contributed by atoms with Crippen LogP contribution >= 0.6 is 46.6 Å². The molecule has 31 heavy (non-hydrogen) atoms. The molecule has 0 bridgehead atoms. The molecule has 2 aromatic carbocycles. The van der Waals surface area contributed by atoms with Crippen LogP contribution in [0.2, 0.25) is 15.1 Å². The number of amides is 2. The summed E-state index contributed by atoms with van der Waals surface area (Å²) in [4.78, 5) is 27.0. The molecule has 2 rings (SSSR count). The largest absolute Gasteiger partial charge is 0.354 e. The van der Waals surface area contributed by atoms with Crippen LogP contribution in [0.1, 0.15) is 31.4 Å². The topological polar surface area (TPSA) is 49.4 Å². The number of benzene rings is 2. The SMILES string of the molecule is CCCNC(=O)[C@H](C)N(Cc1ccc(Cl)cc1Cl)C(=O)CSCc1c(F)cccc1Cl. The number of carbonyl (C=O) groups excluding carboxylic acids is 2. The second-order valence-electron chi connectivity index (χ2n) is 6.92. The van der Waals surface area contributed by atoms with Gasteiger partial charge in [-0.15, -0.1) is 11.8 Å². The van der Waals surface area contributed by atoms with Gasteiger partial charge in [-0.1, -0.05) is 53.9 Å². The monoisotopic (exact) mass is 504 g/mol. The lowest BCUT2D eigenvalue weighted by Crippen LogP contribution is -2.48. The molecule has 0 aliphatic heterocycles. The van der Waals surface area contributed by atoms with Crippen molar-refractivity contribution in [2.75, 3.05) is 12.3 Å². The molecule has 0 aliphatic rings. The highest BCUT2D eigenvalue weighted by atomic mass is 35.5. The minimum Gasteiger partial charge on any atom is -0.354 e. The number of nitrogens with zero attached hydrogens (tertiary/aromatic N) is 1. The molecule has 0 fully saturated rings. The summed E-state index contributed by atoms with van der Waals surface area (Å²) in [6, 6.07) is 8.78. The number of rotatable bonds is 10. The Labute approximate surface area is 201 Å². The van der Waals surface area contributed by atoms with Gasteiger partial charge in [0.15, 0.2) is 0 Å². The van der Waals surface area contributed by atoms with Gasteiger partial charge in [-0.05, 0) is 43.2 Å². The molecule has 2 amide bonds. The molecule has 0 aromatic heterocycles. The molecule has 0 aliphatic carbocycles. The van der Waals surface area contributed by atoms with Gasteiger partial charge in [0.1, 0.15) is 11.9 Å². The van der Waals surface area contributed by atoms with Gasteiger partial charge in [-0.3, -0.25) is 9.59 Å². The molecule has 2 aromatic rings. The molecule has 0 spiro atoms. The number of hydrogen-bond acceptors (Lipinski definition) is 3. The summed E-state index contributed by atoms with van der Waals surface area (Å²) in [5.41, 5.74) is 1.03. The first-order chi connectivity index (χ1) is 14.7. The summed E-state index contributed by atoms with van der Waals surface area (Å²) in [6.45, 7) is 4.29. The Bertz CT molecular complexity index is 909. The molecule has 1 N–H and O–H groups in total. The van der Waals surface area contributed by atoms with Gasteiger partial charge in [0.25, 0.3) is 0 Å². The van der Waals surface area contributed by atoms with Crippen LogP contribution in [-0.2, 0) is 21.9 Å². The molecule has 168 valence electrons. The highest BCUT2D eigenvalue weighted by molar-refractivity contribution is 7.99. The zero-order valence-electron chi connectivity index (χ0n) is 17.3. The number of nitrogens with one attached hydrogen (secondary N) is 1. The lowest BCUT2D eigenvalue weighted by molar-refractivity contribution is -0.138. The van der Waals surface area contributed by atoms with Gasteiger partial charge in [0, 0.05) is 39.5 Å². The second-order valence-corrected chi connectivity index (χ2v) is 9.15. The zero-order valence-corrected chi connectivity index (χ0v) is 20.3. The van der Waals surface area contributed by atoms with E-state index in [1.165, 1.54) is 28.8 Å². The average molecular weight is 506 g/mol. The van der Waals surface area contributed by atoms with Crippen LogP contribution in [0.5, 0.6) is 0 Å². The molecule has 9 heteroatoms. The van der Waals surface area contributed by atoms with E-state index in [0.717, 1.165) is 6.42 Å². The fourth-order valence-electron chi connectivity index (χ4n) is 2.81. The van der Waals surface area contributed by atoms with E-state index >= 15 is 0 Å². The standard InChI is InChI=1S/C22H24Cl3FN2O2S/c1-3-9-27-22(30)14(2)28(11-15-7-8-16(23)10-19(15)25)21(29)13-31-12-17-18(24)5-4-6-20(17)26/h4-8,10,14H,3,9,11-13H2,1-2H3,(H,27,30)/t14-/m0/s1. The van der Waals surface area contributed by atoms with Crippen LogP contribution in [0, 0.1) is 5.82 Å². The van der Waals surface area contributed by atoms with E-state index in [1.807, 2.05) is 6.92 Å². The molecule has 0 saturated heterocycles. The number of hydrogen-bond donors (Lipinski definition) is 1. The Morgan fingerprint density at radius 3 is 2.55 bits per heavy atom. The van der Waals surface area contributed by atoms with Crippen molar-refractivity contribution < 1.29 is 14.0 Å². The maximum Gasteiger partial charge on any atom is 0.242 e. The van der Waals surface area contributed by atoms with Gasteiger partial charge in [0.2, 0.25) is 11.8 Å². The van der Waals surface area contributed by atoms with Crippen molar-refractivity contribution >= 4 is 58.4 Å². The van der Waals surface area contributed by atoms with Crippen molar-refractivity contribution in [3.8, 4) is 0 Å². The Hall–Kier alpha value is -1.47. The first kappa shape index (κ1) is 25.8. The Morgan fingerprint density at radius 2 is 1.90 bits per heavy atom. The van der Waals surface area contributed by atoms with E-state index in [0.29, 0.717) is 32.7 Å². The normalized spacial score (nSPS) is 11.8. The number of thioether (sulfide) groups is 1. The third-order valence-electron chi connectivity index (χ3n) is 4.61.